The lowest BCUT2D eigenvalue weighted by Gasteiger charge is -2.14. The fourth-order valence-electron chi connectivity index (χ4n) is 2.36. The molecule has 2 rings (SSSR count). The number of thiazole rings is 1. The maximum absolute atomic E-state index is 9.96. The smallest absolute Gasteiger partial charge is 0.200 e. The Balaban J connectivity index is 0.00000338. The largest absolute Gasteiger partial charge is 0.502 e. The molecule has 0 fully saturated rings. The van der Waals surface area contributed by atoms with Gasteiger partial charge < -0.3 is 25.2 Å². The van der Waals surface area contributed by atoms with E-state index in [1.54, 1.807) is 30.5 Å². The quantitative estimate of drug-likeness (QED) is 0.327. The Hall–Kier alpha value is -1.75. The van der Waals surface area contributed by atoms with E-state index in [0.717, 1.165) is 16.3 Å². The summed E-state index contributed by atoms with van der Waals surface area (Å²) in [4.78, 5) is 9.83. The van der Waals surface area contributed by atoms with Gasteiger partial charge in [-0.25, -0.2) is 4.98 Å². The number of guanidine groups is 1. The molecule has 0 spiro atoms. The number of methoxy groups -OCH3 is 2. The van der Waals surface area contributed by atoms with E-state index in [9.17, 15) is 5.11 Å². The molecule has 1 aromatic heterocycles. The highest BCUT2D eigenvalue weighted by Gasteiger charge is 2.12. The number of halogens is 1. The zero-order valence-electron chi connectivity index (χ0n) is 15.5. The number of rotatable bonds is 6. The Morgan fingerprint density at radius 2 is 1.73 bits per heavy atom. The van der Waals surface area contributed by atoms with Gasteiger partial charge in [-0.1, -0.05) is 0 Å². The second-order valence-corrected chi connectivity index (χ2v) is 6.66. The molecule has 3 N–H and O–H groups in total. The summed E-state index contributed by atoms with van der Waals surface area (Å²) in [6.45, 7) is 5.18. The van der Waals surface area contributed by atoms with Crippen molar-refractivity contribution in [3.05, 3.63) is 33.3 Å². The number of benzene rings is 1. The molecule has 0 aliphatic carbocycles. The number of nitrogens with zero attached hydrogens (tertiary/aromatic N) is 2. The Bertz CT molecular complexity index is 739. The summed E-state index contributed by atoms with van der Waals surface area (Å²) in [5.74, 6) is 1.41. The predicted molar refractivity (Wildman–Crippen MR) is 115 cm³/mol. The van der Waals surface area contributed by atoms with Crippen molar-refractivity contribution < 1.29 is 14.6 Å². The molecule has 0 radical (unpaired) electrons. The molecule has 26 heavy (non-hydrogen) atoms. The Labute approximate surface area is 174 Å². The monoisotopic (exact) mass is 492 g/mol. The molecular formula is C17H25IN4O3S. The van der Waals surface area contributed by atoms with Gasteiger partial charge in [-0.15, -0.1) is 35.3 Å². The maximum Gasteiger partial charge on any atom is 0.200 e. The first kappa shape index (κ1) is 22.3. The minimum atomic E-state index is -0.00713. The molecular weight excluding hydrogens is 467 g/mol. The summed E-state index contributed by atoms with van der Waals surface area (Å²) in [5.41, 5.74) is 1.94. The molecule has 0 bridgehead atoms. The molecule has 0 saturated carbocycles. The van der Waals surface area contributed by atoms with E-state index >= 15 is 0 Å². The van der Waals surface area contributed by atoms with Crippen molar-refractivity contribution in [2.75, 3.05) is 21.3 Å². The maximum atomic E-state index is 9.96. The Kier molecular flexibility index (Phi) is 8.93. The van der Waals surface area contributed by atoms with Gasteiger partial charge in [0.25, 0.3) is 0 Å². The lowest BCUT2D eigenvalue weighted by atomic mass is 10.2. The van der Waals surface area contributed by atoms with Crippen LogP contribution in [0.3, 0.4) is 0 Å². The molecule has 0 unspecified atom stereocenters. The second kappa shape index (κ2) is 10.4. The van der Waals surface area contributed by atoms with Crippen LogP contribution in [-0.4, -0.2) is 37.3 Å². The number of hydrogen-bond donors (Lipinski definition) is 3. The summed E-state index contributed by atoms with van der Waals surface area (Å²) in [7, 11) is 4.73. The third-order valence-corrected chi connectivity index (χ3v) is 4.71. The van der Waals surface area contributed by atoms with E-state index in [1.165, 1.54) is 19.1 Å². The van der Waals surface area contributed by atoms with E-state index in [1.807, 2.05) is 13.8 Å². The van der Waals surface area contributed by atoms with E-state index < -0.39 is 0 Å². The number of phenolic OH excluding ortho intramolecular Hbond substituents is 1. The molecule has 0 aliphatic heterocycles. The summed E-state index contributed by atoms with van der Waals surface area (Å²) in [6.07, 6.45) is 0. The zero-order valence-corrected chi connectivity index (χ0v) is 18.7. The number of hydrogen-bond acceptors (Lipinski definition) is 6. The fraction of sp³-hybridized carbons (Fsp3) is 0.412. The van der Waals surface area contributed by atoms with Crippen LogP contribution in [0, 0.1) is 13.8 Å². The van der Waals surface area contributed by atoms with E-state index in [-0.39, 0.29) is 29.7 Å². The molecule has 0 aliphatic rings. The summed E-state index contributed by atoms with van der Waals surface area (Å²) in [5, 5.41) is 17.5. The van der Waals surface area contributed by atoms with Gasteiger partial charge in [0, 0.05) is 18.5 Å². The number of phenols is 1. The van der Waals surface area contributed by atoms with E-state index in [0.29, 0.717) is 30.5 Å². The molecule has 0 atom stereocenters. The van der Waals surface area contributed by atoms with Crippen LogP contribution in [0.15, 0.2) is 17.1 Å². The highest BCUT2D eigenvalue weighted by molar-refractivity contribution is 14.0. The summed E-state index contributed by atoms with van der Waals surface area (Å²) in [6, 6.07) is 3.52. The van der Waals surface area contributed by atoms with Crippen LogP contribution >= 0.6 is 35.3 Å². The van der Waals surface area contributed by atoms with Gasteiger partial charge in [-0.3, -0.25) is 4.99 Å². The zero-order chi connectivity index (χ0) is 18.4. The average molecular weight is 492 g/mol. The molecule has 2 aromatic rings. The number of aromatic nitrogens is 1. The second-order valence-electron chi connectivity index (χ2n) is 5.37. The molecule has 144 valence electrons. The summed E-state index contributed by atoms with van der Waals surface area (Å²) < 4.78 is 10.3. The lowest BCUT2D eigenvalue weighted by Crippen LogP contribution is -2.36. The average Bonchev–Trinajstić information content (AvgIpc) is 2.93. The van der Waals surface area contributed by atoms with Crippen LogP contribution in [0.4, 0.5) is 0 Å². The van der Waals surface area contributed by atoms with Crippen LogP contribution in [0.25, 0.3) is 0 Å². The van der Waals surface area contributed by atoms with Crippen molar-refractivity contribution in [2.24, 2.45) is 4.99 Å². The first-order valence-corrected chi connectivity index (χ1v) is 8.61. The third kappa shape index (κ3) is 5.63. The van der Waals surface area contributed by atoms with Crippen molar-refractivity contribution in [1.82, 2.24) is 15.6 Å². The van der Waals surface area contributed by atoms with Crippen molar-refractivity contribution in [1.29, 1.82) is 0 Å². The highest BCUT2D eigenvalue weighted by atomic mass is 127. The summed E-state index contributed by atoms with van der Waals surface area (Å²) >= 11 is 1.68. The van der Waals surface area contributed by atoms with Crippen LogP contribution in [-0.2, 0) is 13.1 Å². The van der Waals surface area contributed by atoms with Crippen LogP contribution in [0.2, 0.25) is 0 Å². The predicted octanol–water partition coefficient (Wildman–Crippen LogP) is 2.97. The first-order valence-electron chi connectivity index (χ1n) is 7.79. The van der Waals surface area contributed by atoms with Crippen molar-refractivity contribution in [2.45, 2.75) is 26.9 Å². The molecule has 1 heterocycles. The van der Waals surface area contributed by atoms with Crippen molar-refractivity contribution in [3.63, 3.8) is 0 Å². The number of nitrogens with one attached hydrogen (secondary N) is 2. The first-order chi connectivity index (χ1) is 12.0. The minimum Gasteiger partial charge on any atom is -0.502 e. The standard InChI is InChI=1S/C17H24N4O3S.HI/c1-10-15(25-11(2)21-10)9-20-17(18-3)19-8-12-6-13(23-4)16(22)14(7-12)24-5;/h6-7,22H,8-9H2,1-5H3,(H2,18,19,20);1H. The van der Waals surface area contributed by atoms with Gasteiger partial charge in [0.15, 0.2) is 17.5 Å². The lowest BCUT2D eigenvalue weighted by molar-refractivity contribution is 0.339. The molecule has 0 saturated heterocycles. The third-order valence-electron chi connectivity index (χ3n) is 3.64. The molecule has 9 heteroatoms. The van der Waals surface area contributed by atoms with Crippen LogP contribution in [0.5, 0.6) is 17.2 Å². The van der Waals surface area contributed by atoms with Gasteiger partial charge in [-0.2, -0.15) is 0 Å². The molecule has 1 aromatic carbocycles. The number of aromatic hydroxyl groups is 1. The van der Waals surface area contributed by atoms with Gasteiger partial charge in [0.2, 0.25) is 5.75 Å². The van der Waals surface area contributed by atoms with Gasteiger partial charge in [0.05, 0.1) is 31.5 Å². The highest BCUT2D eigenvalue weighted by Crippen LogP contribution is 2.36. The van der Waals surface area contributed by atoms with Crippen molar-refractivity contribution in [3.8, 4) is 17.2 Å². The number of aryl methyl sites for hydroxylation is 2. The topological polar surface area (TPSA) is 88.0 Å². The van der Waals surface area contributed by atoms with Crippen LogP contribution < -0.4 is 20.1 Å². The van der Waals surface area contributed by atoms with Crippen molar-refractivity contribution >= 4 is 41.3 Å². The minimum absolute atomic E-state index is 0. The Morgan fingerprint density at radius 3 is 2.19 bits per heavy atom. The van der Waals surface area contributed by atoms with Gasteiger partial charge in [0.1, 0.15) is 0 Å². The SMILES string of the molecule is CN=C(NCc1cc(OC)c(O)c(OC)c1)NCc1sc(C)nc1C.I. The fourth-order valence-corrected chi connectivity index (χ4v) is 3.23. The number of aliphatic imine (C=N–C) groups is 1. The molecule has 7 nitrogen and oxygen atoms in total. The van der Waals surface area contributed by atoms with Gasteiger partial charge in [-0.05, 0) is 31.5 Å². The normalized spacial score (nSPS) is 10.9. The molecule has 0 amide bonds. The number of ether oxygens (including phenoxy) is 2. The van der Waals surface area contributed by atoms with E-state index in [4.69, 9.17) is 9.47 Å². The van der Waals surface area contributed by atoms with E-state index in [2.05, 4.69) is 20.6 Å². The van der Waals surface area contributed by atoms with Crippen LogP contribution in [0.1, 0.15) is 21.1 Å². The van der Waals surface area contributed by atoms with Gasteiger partial charge >= 0.3 is 0 Å². The Morgan fingerprint density at radius 1 is 1.15 bits per heavy atom.